The molecule has 0 N–H and O–H groups in total. The summed E-state index contributed by atoms with van der Waals surface area (Å²) in [5.74, 6) is -0.767. The molecule has 1 aromatic rings. The zero-order valence-electron chi connectivity index (χ0n) is 12.6. The fourth-order valence-corrected chi connectivity index (χ4v) is 2.60. The number of benzene rings is 1. The summed E-state index contributed by atoms with van der Waals surface area (Å²) in [6, 6.07) is 10.4. The molecule has 0 heterocycles. The standard InChI is InChI=1S/C18H22O2/c1-5-15-13-14(2)18(19-3,20-4)12-11-17(15)16-9-7-6-8-10-16/h6-13H,5H2,1-4H3. The second kappa shape index (κ2) is 6.21. The Hall–Kier alpha value is -1.64. The molecule has 2 rings (SSSR count). The lowest BCUT2D eigenvalue weighted by Crippen LogP contribution is -2.32. The van der Waals surface area contributed by atoms with Gasteiger partial charge in [0.25, 0.3) is 0 Å². The topological polar surface area (TPSA) is 18.5 Å². The molecule has 0 aliphatic heterocycles. The second-order valence-electron chi connectivity index (χ2n) is 4.89. The van der Waals surface area contributed by atoms with Crippen LogP contribution in [0.5, 0.6) is 0 Å². The van der Waals surface area contributed by atoms with Crippen molar-refractivity contribution in [2.45, 2.75) is 26.1 Å². The zero-order chi connectivity index (χ0) is 14.6. The van der Waals surface area contributed by atoms with Gasteiger partial charge in [-0.05, 0) is 41.7 Å². The third-order valence-corrected chi connectivity index (χ3v) is 3.83. The summed E-state index contributed by atoms with van der Waals surface area (Å²) in [5, 5.41) is 0. The maximum Gasteiger partial charge on any atom is 0.210 e. The van der Waals surface area contributed by atoms with E-state index in [2.05, 4.69) is 43.3 Å². The predicted molar refractivity (Wildman–Crippen MR) is 83.3 cm³/mol. The molecule has 1 aromatic carbocycles. The number of rotatable bonds is 4. The third-order valence-electron chi connectivity index (χ3n) is 3.83. The Morgan fingerprint density at radius 3 is 2.25 bits per heavy atom. The summed E-state index contributed by atoms with van der Waals surface area (Å²) in [7, 11) is 3.34. The first-order valence-corrected chi connectivity index (χ1v) is 6.93. The summed E-state index contributed by atoms with van der Waals surface area (Å²) in [6.07, 6.45) is 7.24. The summed E-state index contributed by atoms with van der Waals surface area (Å²) in [5.41, 5.74) is 4.79. The Morgan fingerprint density at radius 1 is 1.05 bits per heavy atom. The number of ether oxygens (including phenoxy) is 2. The monoisotopic (exact) mass is 270 g/mol. The first kappa shape index (κ1) is 14.8. The van der Waals surface area contributed by atoms with Crippen LogP contribution in [0.25, 0.3) is 5.57 Å². The number of hydrogen-bond donors (Lipinski definition) is 0. The molecule has 20 heavy (non-hydrogen) atoms. The second-order valence-corrected chi connectivity index (χ2v) is 4.89. The maximum atomic E-state index is 5.59. The van der Waals surface area contributed by atoms with Crippen LogP contribution < -0.4 is 0 Å². The van der Waals surface area contributed by atoms with E-state index < -0.39 is 5.79 Å². The molecule has 0 bridgehead atoms. The highest BCUT2D eigenvalue weighted by atomic mass is 16.7. The molecule has 2 nitrogen and oxygen atoms in total. The lowest BCUT2D eigenvalue weighted by molar-refractivity contribution is -0.141. The quantitative estimate of drug-likeness (QED) is 0.757. The van der Waals surface area contributed by atoms with Gasteiger partial charge in [0.05, 0.1) is 0 Å². The van der Waals surface area contributed by atoms with Crippen LogP contribution in [0.3, 0.4) is 0 Å². The summed E-state index contributed by atoms with van der Waals surface area (Å²) in [4.78, 5) is 0. The molecule has 0 fully saturated rings. The number of hydrogen-bond acceptors (Lipinski definition) is 2. The van der Waals surface area contributed by atoms with Gasteiger partial charge in [-0.3, -0.25) is 0 Å². The van der Waals surface area contributed by atoms with Gasteiger partial charge in [0.15, 0.2) is 0 Å². The molecule has 0 spiro atoms. The molecule has 0 radical (unpaired) electrons. The smallest absolute Gasteiger partial charge is 0.210 e. The number of allylic oxidation sites excluding steroid dienone is 4. The Bertz CT molecular complexity index is 546. The van der Waals surface area contributed by atoms with Gasteiger partial charge in [-0.15, -0.1) is 0 Å². The zero-order valence-corrected chi connectivity index (χ0v) is 12.6. The lowest BCUT2D eigenvalue weighted by Gasteiger charge is -2.28. The van der Waals surface area contributed by atoms with E-state index in [0.29, 0.717) is 0 Å². The average Bonchev–Trinajstić information content (AvgIpc) is 2.65. The Kier molecular flexibility index (Phi) is 4.58. The van der Waals surface area contributed by atoms with Gasteiger partial charge in [0.1, 0.15) is 0 Å². The maximum absolute atomic E-state index is 5.59. The molecular weight excluding hydrogens is 248 g/mol. The van der Waals surface area contributed by atoms with Crippen molar-refractivity contribution in [1.29, 1.82) is 0 Å². The molecule has 2 heteroatoms. The van der Waals surface area contributed by atoms with Gasteiger partial charge >= 0.3 is 0 Å². The minimum atomic E-state index is -0.767. The highest BCUT2D eigenvalue weighted by molar-refractivity contribution is 5.79. The van der Waals surface area contributed by atoms with Crippen molar-refractivity contribution < 1.29 is 9.47 Å². The van der Waals surface area contributed by atoms with Gasteiger partial charge in [-0.25, -0.2) is 0 Å². The SMILES string of the molecule is CCC1=C(c2ccccc2)C=CC(OC)(OC)C(C)=C1. The minimum absolute atomic E-state index is 0.767. The van der Waals surface area contributed by atoms with E-state index in [4.69, 9.17) is 9.47 Å². The Morgan fingerprint density at radius 2 is 1.70 bits per heavy atom. The van der Waals surface area contributed by atoms with Crippen LogP contribution in [0.1, 0.15) is 25.8 Å². The van der Waals surface area contributed by atoms with Crippen molar-refractivity contribution >= 4 is 5.57 Å². The molecule has 0 amide bonds. The molecule has 0 atom stereocenters. The molecule has 0 saturated heterocycles. The van der Waals surface area contributed by atoms with Crippen molar-refractivity contribution in [2.24, 2.45) is 0 Å². The third kappa shape index (κ3) is 2.62. The fourth-order valence-electron chi connectivity index (χ4n) is 2.60. The Balaban J connectivity index is 2.56. The lowest BCUT2D eigenvalue weighted by atomic mass is 9.98. The van der Waals surface area contributed by atoms with Gasteiger partial charge < -0.3 is 9.47 Å². The van der Waals surface area contributed by atoms with E-state index in [1.165, 1.54) is 16.7 Å². The van der Waals surface area contributed by atoms with Crippen LogP contribution in [-0.2, 0) is 9.47 Å². The summed E-state index contributed by atoms with van der Waals surface area (Å²) >= 11 is 0. The first-order chi connectivity index (χ1) is 9.66. The van der Waals surface area contributed by atoms with Crippen LogP contribution in [0.2, 0.25) is 0 Å². The van der Waals surface area contributed by atoms with Crippen molar-refractivity contribution in [3.05, 3.63) is 65.3 Å². The fraction of sp³-hybridized carbons (Fsp3) is 0.333. The van der Waals surface area contributed by atoms with E-state index in [0.717, 1.165) is 12.0 Å². The van der Waals surface area contributed by atoms with Crippen LogP contribution in [-0.4, -0.2) is 20.0 Å². The van der Waals surface area contributed by atoms with Gasteiger partial charge in [-0.2, -0.15) is 0 Å². The van der Waals surface area contributed by atoms with Crippen LogP contribution >= 0.6 is 0 Å². The molecule has 0 unspecified atom stereocenters. The molecule has 0 saturated carbocycles. The highest BCUT2D eigenvalue weighted by Gasteiger charge is 2.30. The average molecular weight is 270 g/mol. The van der Waals surface area contributed by atoms with Crippen LogP contribution in [0.15, 0.2) is 59.7 Å². The van der Waals surface area contributed by atoms with Crippen LogP contribution in [0.4, 0.5) is 0 Å². The van der Waals surface area contributed by atoms with Gasteiger partial charge in [0.2, 0.25) is 5.79 Å². The molecule has 1 aliphatic carbocycles. The minimum Gasteiger partial charge on any atom is -0.346 e. The van der Waals surface area contributed by atoms with Crippen molar-refractivity contribution in [1.82, 2.24) is 0 Å². The molecule has 1 aliphatic rings. The van der Waals surface area contributed by atoms with Gasteiger partial charge in [-0.1, -0.05) is 49.4 Å². The summed E-state index contributed by atoms with van der Waals surface area (Å²) < 4.78 is 11.2. The largest absolute Gasteiger partial charge is 0.346 e. The predicted octanol–water partition coefficient (Wildman–Crippen LogP) is 4.36. The molecule has 106 valence electrons. The van der Waals surface area contributed by atoms with E-state index in [1.807, 2.05) is 19.1 Å². The van der Waals surface area contributed by atoms with Crippen molar-refractivity contribution in [2.75, 3.05) is 14.2 Å². The van der Waals surface area contributed by atoms with Crippen molar-refractivity contribution in [3.8, 4) is 0 Å². The van der Waals surface area contributed by atoms with Crippen molar-refractivity contribution in [3.63, 3.8) is 0 Å². The first-order valence-electron chi connectivity index (χ1n) is 6.93. The van der Waals surface area contributed by atoms with E-state index in [1.54, 1.807) is 14.2 Å². The van der Waals surface area contributed by atoms with Gasteiger partial charge in [0, 0.05) is 14.2 Å². The van der Waals surface area contributed by atoms with E-state index in [9.17, 15) is 0 Å². The summed E-state index contributed by atoms with van der Waals surface area (Å²) in [6.45, 7) is 4.21. The molecular formula is C18H22O2. The van der Waals surface area contributed by atoms with Crippen LogP contribution in [0, 0.1) is 0 Å². The Labute approximate surface area is 121 Å². The normalized spacial score (nSPS) is 17.9. The van der Waals surface area contributed by atoms with E-state index >= 15 is 0 Å². The number of methoxy groups -OCH3 is 2. The van der Waals surface area contributed by atoms with E-state index in [-0.39, 0.29) is 0 Å². The highest BCUT2D eigenvalue weighted by Crippen LogP contribution is 2.33. The molecule has 0 aromatic heterocycles.